The zero-order chi connectivity index (χ0) is 25.3. The van der Waals surface area contributed by atoms with Gasteiger partial charge in [-0.25, -0.2) is 18.4 Å². The number of halogens is 1. The third-order valence-electron chi connectivity index (χ3n) is 6.19. The Balaban J connectivity index is 2.03. The lowest BCUT2D eigenvalue weighted by Crippen LogP contribution is -2.43. The van der Waals surface area contributed by atoms with Crippen molar-refractivity contribution < 1.29 is 12.8 Å². The zero-order valence-corrected chi connectivity index (χ0v) is 22.8. The predicted molar refractivity (Wildman–Crippen MR) is 138 cm³/mol. The van der Waals surface area contributed by atoms with Crippen molar-refractivity contribution in [3.8, 4) is 11.3 Å². The topological polar surface area (TPSA) is 91.2 Å². The van der Waals surface area contributed by atoms with E-state index in [1.165, 1.54) is 12.3 Å². The van der Waals surface area contributed by atoms with E-state index in [1.54, 1.807) is 29.0 Å². The van der Waals surface area contributed by atoms with Crippen LogP contribution in [0.4, 0.5) is 0 Å². The van der Waals surface area contributed by atoms with E-state index < -0.39 is 18.2 Å². The number of hydrogen-bond acceptors (Lipinski definition) is 6. The molecular weight excluding hydrogens is 490 g/mol. The Hall–Kier alpha value is -2.33. The molecule has 0 radical (unpaired) electrons. The van der Waals surface area contributed by atoms with E-state index in [0.717, 1.165) is 11.8 Å². The van der Waals surface area contributed by atoms with Gasteiger partial charge in [-0.2, -0.15) is 0 Å². The first-order valence-corrected chi connectivity index (χ1v) is 16.0. The first kappa shape index (κ1) is 26.3. The van der Waals surface area contributed by atoms with Crippen LogP contribution in [0.1, 0.15) is 32.4 Å². The molecule has 0 bridgehead atoms. The summed E-state index contributed by atoms with van der Waals surface area (Å²) in [6.45, 7) is 11.2. The van der Waals surface area contributed by atoms with Crippen LogP contribution in [-0.4, -0.2) is 44.1 Å². The van der Waals surface area contributed by atoms with E-state index in [0.29, 0.717) is 22.9 Å². The van der Waals surface area contributed by atoms with Crippen molar-refractivity contribution >= 4 is 29.8 Å². The quantitative estimate of drug-likeness (QED) is 0.323. The van der Waals surface area contributed by atoms with Gasteiger partial charge in [0.2, 0.25) is 15.0 Å². The van der Waals surface area contributed by atoms with Crippen molar-refractivity contribution in [3.05, 3.63) is 75.8 Å². The van der Waals surface area contributed by atoms with Crippen LogP contribution in [0.25, 0.3) is 11.3 Å². The van der Waals surface area contributed by atoms with E-state index in [-0.39, 0.29) is 21.8 Å². The highest BCUT2D eigenvalue weighted by Crippen LogP contribution is 2.37. The van der Waals surface area contributed by atoms with E-state index in [4.69, 9.17) is 16.0 Å². The fourth-order valence-corrected chi connectivity index (χ4v) is 4.86. The summed E-state index contributed by atoms with van der Waals surface area (Å²) in [6, 6.07) is 11.8. The molecule has 0 N–H and O–H groups in total. The minimum Gasteiger partial charge on any atom is -0.414 e. The highest BCUT2D eigenvalue weighted by molar-refractivity contribution is 7.90. The molecule has 0 aliphatic rings. The van der Waals surface area contributed by atoms with Gasteiger partial charge < -0.3 is 8.99 Å². The minimum atomic E-state index is -3.57. The second kappa shape index (κ2) is 9.73. The van der Waals surface area contributed by atoms with Gasteiger partial charge in [-0.05, 0) is 48.0 Å². The fraction of sp³-hybridized carbons (Fsp3) is 0.375. The third kappa shape index (κ3) is 6.01. The van der Waals surface area contributed by atoms with Crippen molar-refractivity contribution in [1.29, 1.82) is 0 Å². The maximum atomic E-state index is 13.2. The van der Waals surface area contributed by atoms with Crippen LogP contribution < -0.4 is 5.56 Å². The molecule has 1 atom stereocenters. The molecule has 10 heteroatoms. The molecule has 0 fully saturated rings. The molecule has 7 nitrogen and oxygen atoms in total. The van der Waals surface area contributed by atoms with Crippen molar-refractivity contribution in [1.82, 2.24) is 14.5 Å². The molecule has 2 heterocycles. The largest absolute Gasteiger partial charge is 0.414 e. The van der Waals surface area contributed by atoms with E-state index >= 15 is 0 Å². The lowest BCUT2D eigenvalue weighted by atomic mass is 10.1. The Morgan fingerprint density at radius 3 is 2.44 bits per heavy atom. The molecule has 0 spiro atoms. The molecule has 34 heavy (non-hydrogen) atoms. The molecule has 0 amide bonds. The summed E-state index contributed by atoms with van der Waals surface area (Å²) < 4.78 is 31.7. The minimum absolute atomic E-state index is 0.0189. The highest BCUT2D eigenvalue weighted by Gasteiger charge is 2.38. The maximum absolute atomic E-state index is 13.2. The summed E-state index contributed by atoms with van der Waals surface area (Å²) in [6.07, 6.45) is 4.09. The number of rotatable bonds is 7. The van der Waals surface area contributed by atoms with E-state index in [9.17, 15) is 13.2 Å². The van der Waals surface area contributed by atoms with Crippen LogP contribution in [0, 0.1) is 0 Å². The average molecular weight is 520 g/mol. The Kier molecular flexibility index (Phi) is 7.52. The molecule has 0 saturated heterocycles. The highest BCUT2D eigenvalue weighted by atomic mass is 35.5. The van der Waals surface area contributed by atoms with Crippen LogP contribution in [0.5, 0.6) is 0 Å². The van der Waals surface area contributed by atoms with Gasteiger partial charge >= 0.3 is 0 Å². The molecular formula is C24H30ClN3O4SSi. The van der Waals surface area contributed by atoms with Gasteiger partial charge in [-0.15, -0.1) is 0 Å². The number of sulfone groups is 1. The molecule has 0 aliphatic heterocycles. The Morgan fingerprint density at radius 1 is 1.15 bits per heavy atom. The molecule has 0 unspecified atom stereocenters. The number of benzene rings is 1. The summed E-state index contributed by atoms with van der Waals surface area (Å²) in [7, 11) is -5.64. The van der Waals surface area contributed by atoms with Crippen LogP contribution in [0.15, 0.2) is 64.8 Å². The second-order valence-corrected chi connectivity index (χ2v) is 17.0. The normalized spacial score (nSPS) is 13.6. The summed E-state index contributed by atoms with van der Waals surface area (Å²) >= 11 is 6.25. The van der Waals surface area contributed by atoms with Crippen molar-refractivity contribution in [3.63, 3.8) is 0 Å². The molecule has 0 saturated carbocycles. The summed E-state index contributed by atoms with van der Waals surface area (Å²) in [5.74, 6) is 0. The number of nitrogens with zero attached hydrogens (tertiary/aromatic N) is 3. The number of pyridine rings is 1. The summed E-state index contributed by atoms with van der Waals surface area (Å²) in [4.78, 5) is 21.2. The van der Waals surface area contributed by atoms with Crippen LogP contribution in [0.3, 0.4) is 0 Å². The van der Waals surface area contributed by atoms with Crippen LogP contribution >= 0.6 is 11.6 Å². The first-order chi connectivity index (χ1) is 15.7. The van der Waals surface area contributed by atoms with Gasteiger partial charge in [0.25, 0.3) is 5.56 Å². The molecule has 3 aromatic rings. The van der Waals surface area contributed by atoms with Crippen molar-refractivity contribution in [2.45, 2.75) is 50.1 Å². The Bertz CT molecular complexity index is 1350. The molecule has 3 rings (SSSR count). The maximum Gasteiger partial charge on any atom is 0.251 e. The number of aromatic nitrogens is 3. The lowest BCUT2D eigenvalue weighted by Gasteiger charge is -2.37. The van der Waals surface area contributed by atoms with E-state index in [1.807, 2.05) is 18.2 Å². The van der Waals surface area contributed by atoms with Gasteiger partial charge in [0.05, 0.1) is 18.3 Å². The summed E-state index contributed by atoms with van der Waals surface area (Å²) in [5, 5.41) is 0.313. The van der Waals surface area contributed by atoms with Crippen molar-refractivity contribution in [2.75, 3.05) is 12.9 Å². The fourth-order valence-electron chi connectivity index (χ4n) is 3.14. The molecule has 1 aromatic carbocycles. The lowest BCUT2D eigenvalue weighted by molar-refractivity contribution is 0.246. The summed E-state index contributed by atoms with van der Waals surface area (Å²) in [5.41, 5.74) is 1.46. The number of hydrogen-bond donors (Lipinski definition) is 0. The molecule has 0 aliphatic carbocycles. The molecule has 182 valence electrons. The zero-order valence-electron chi connectivity index (χ0n) is 20.2. The van der Waals surface area contributed by atoms with Gasteiger partial charge in [0.1, 0.15) is 0 Å². The van der Waals surface area contributed by atoms with Gasteiger partial charge in [0.15, 0.2) is 8.32 Å². The van der Waals surface area contributed by atoms with E-state index in [2.05, 4.69) is 43.8 Å². The average Bonchev–Trinajstić information content (AvgIpc) is 2.73. The Labute approximate surface area is 206 Å². The monoisotopic (exact) mass is 519 g/mol. The third-order valence-corrected chi connectivity index (χ3v) is 11.8. The van der Waals surface area contributed by atoms with Crippen molar-refractivity contribution in [2.24, 2.45) is 0 Å². The van der Waals surface area contributed by atoms with Crippen LogP contribution in [-0.2, 0) is 14.3 Å². The van der Waals surface area contributed by atoms with Crippen LogP contribution in [0.2, 0.25) is 23.2 Å². The van der Waals surface area contributed by atoms with Gasteiger partial charge in [-0.1, -0.05) is 44.5 Å². The molecule has 2 aromatic heterocycles. The smallest absolute Gasteiger partial charge is 0.251 e. The first-order valence-electron chi connectivity index (χ1n) is 10.8. The predicted octanol–water partition coefficient (Wildman–Crippen LogP) is 4.97. The van der Waals surface area contributed by atoms with Gasteiger partial charge in [-0.3, -0.25) is 4.79 Å². The Morgan fingerprint density at radius 2 is 1.85 bits per heavy atom. The standard InChI is InChI=1S/C24H30ClN3O4SSi/c1-24(2,3)34(5,6)32-16-21(18-8-7-9-19(25)14-18)28-13-11-17(15-22(28)29)20-10-12-26-23(27-20)33(4,30)31/h7-15,21H,16H2,1-6H3/t21-/m1/s1. The second-order valence-electron chi connectivity index (χ2n) is 9.80. The SMILES string of the molecule is CC(C)(C)[Si](C)(C)OC[C@H](c1cccc(Cl)c1)n1ccc(-c2ccnc(S(C)(=O)=O)n2)cc1=O. The van der Waals surface area contributed by atoms with Gasteiger partial charge in [0, 0.05) is 35.3 Å².